The van der Waals surface area contributed by atoms with Gasteiger partial charge in [-0.1, -0.05) is 29.8 Å². The van der Waals surface area contributed by atoms with Gasteiger partial charge < -0.3 is 5.32 Å². The van der Waals surface area contributed by atoms with E-state index in [0.717, 1.165) is 5.69 Å². The van der Waals surface area contributed by atoms with Gasteiger partial charge in [0.1, 0.15) is 0 Å². The number of rotatable bonds is 3. The molecule has 6 atom stereocenters. The molecule has 4 heteroatoms. The van der Waals surface area contributed by atoms with Gasteiger partial charge in [-0.15, -0.1) is 0 Å². The molecular weight excluding hydrogens is 288 g/mol. The third-order valence-electron chi connectivity index (χ3n) is 6.25. The number of imide groups is 1. The van der Waals surface area contributed by atoms with Crippen LogP contribution >= 0.6 is 0 Å². The number of nitrogens with one attached hydrogen (secondary N) is 1. The molecule has 2 amide bonds. The van der Waals surface area contributed by atoms with Crippen LogP contribution in [0, 0.1) is 42.4 Å². The SMILES string of the molecule is Cc1ccc(NCN2C(=O)[C@H]3[C@@H]4C=C[C@H]([C@H]5C[C@H]45)[C@@H]3C2=O)cc1. The van der Waals surface area contributed by atoms with Crippen LogP contribution in [0.25, 0.3) is 0 Å². The van der Waals surface area contributed by atoms with E-state index in [-0.39, 0.29) is 30.3 Å². The second kappa shape index (κ2) is 4.47. The molecule has 0 aromatic heterocycles. The summed E-state index contributed by atoms with van der Waals surface area (Å²) >= 11 is 0. The maximum absolute atomic E-state index is 12.8. The fraction of sp³-hybridized carbons (Fsp3) is 0.474. The Morgan fingerprint density at radius 3 is 2.13 bits per heavy atom. The number of carbonyl (C=O) groups is 2. The maximum Gasteiger partial charge on any atom is 0.235 e. The van der Waals surface area contributed by atoms with Gasteiger partial charge in [0.2, 0.25) is 11.8 Å². The van der Waals surface area contributed by atoms with E-state index in [2.05, 4.69) is 17.5 Å². The van der Waals surface area contributed by atoms with Crippen molar-refractivity contribution >= 4 is 17.5 Å². The molecule has 2 bridgehead atoms. The van der Waals surface area contributed by atoms with Crippen LogP contribution in [0.3, 0.4) is 0 Å². The van der Waals surface area contributed by atoms with E-state index in [0.29, 0.717) is 23.7 Å². The number of carbonyl (C=O) groups excluding carboxylic acids is 2. The summed E-state index contributed by atoms with van der Waals surface area (Å²) in [4.78, 5) is 27.1. The normalized spacial score (nSPS) is 39.4. The lowest BCUT2D eigenvalue weighted by Gasteiger charge is -2.37. The zero-order valence-corrected chi connectivity index (χ0v) is 13.1. The van der Waals surface area contributed by atoms with Crippen molar-refractivity contribution in [3.63, 3.8) is 0 Å². The predicted octanol–water partition coefficient (Wildman–Crippen LogP) is 2.42. The van der Waals surface area contributed by atoms with Crippen molar-refractivity contribution in [2.75, 3.05) is 12.0 Å². The third kappa shape index (κ3) is 1.78. The lowest BCUT2D eigenvalue weighted by Crippen LogP contribution is -2.40. The van der Waals surface area contributed by atoms with Crippen LogP contribution in [0.15, 0.2) is 36.4 Å². The Balaban J connectivity index is 1.36. The van der Waals surface area contributed by atoms with Crippen LogP contribution in [-0.4, -0.2) is 23.4 Å². The summed E-state index contributed by atoms with van der Waals surface area (Å²) in [6.45, 7) is 2.32. The molecule has 1 heterocycles. The third-order valence-corrected chi connectivity index (χ3v) is 6.25. The summed E-state index contributed by atoms with van der Waals surface area (Å²) < 4.78 is 0. The van der Waals surface area contributed by atoms with E-state index in [1.807, 2.05) is 31.2 Å². The molecule has 118 valence electrons. The lowest BCUT2D eigenvalue weighted by atomic mass is 9.63. The minimum Gasteiger partial charge on any atom is -0.367 e. The summed E-state index contributed by atoms with van der Waals surface area (Å²) in [6.07, 6.45) is 5.63. The molecule has 5 aliphatic rings. The molecule has 1 aromatic carbocycles. The number of allylic oxidation sites excluding steroid dienone is 2. The Labute approximate surface area is 135 Å². The first-order valence-electron chi connectivity index (χ1n) is 8.49. The molecule has 4 aliphatic carbocycles. The van der Waals surface area contributed by atoms with Crippen molar-refractivity contribution in [3.05, 3.63) is 42.0 Å². The summed E-state index contributed by atoms with van der Waals surface area (Å²) in [6, 6.07) is 8.00. The highest BCUT2D eigenvalue weighted by Crippen LogP contribution is 2.65. The minimum absolute atomic E-state index is 0.0318. The smallest absolute Gasteiger partial charge is 0.235 e. The first kappa shape index (κ1) is 13.3. The number of likely N-dealkylation sites (tertiary alicyclic amines) is 1. The largest absolute Gasteiger partial charge is 0.367 e. The molecule has 3 fully saturated rings. The molecule has 1 saturated heterocycles. The van der Waals surface area contributed by atoms with Crippen molar-refractivity contribution in [1.82, 2.24) is 4.90 Å². The van der Waals surface area contributed by atoms with Crippen LogP contribution in [0.5, 0.6) is 0 Å². The van der Waals surface area contributed by atoms with Crippen molar-refractivity contribution in [2.45, 2.75) is 13.3 Å². The average molecular weight is 308 g/mol. The molecule has 2 saturated carbocycles. The van der Waals surface area contributed by atoms with Gasteiger partial charge in [0, 0.05) is 5.69 Å². The molecule has 0 radical (unpaired) electrons. The van der Waals surface area contributed by atoms with Gasteiger partial charge in [-0.3, -0.25) is 14.5 Å². The number of hydrogen-bond donors (Lipinski definition) is 1. The average Bonchev–Trinajstić information content (AvgIpc) is 3.33. The molecule has 23 heavy (non-hydrogen) atoms. The van der Waals surface area contributed by atoms with Gasteiger partial charge in [0.05, 0.1) is 18.5 Å². The molecular formula is C19H20N2O2. The Bertz CT molecular complexity index is 687. The van der Waals surface area contributed by atoms with Crippen LogP contribution in [-0.2, 0) is 9.59 Å². The first-order valence-corrected chi connectivity index (χ1v) is 8.49. The Hall–Kier alpha value is -2.10. The fourth-order valence-corrected chi connectivity index (χ4v) is 5.02. The zero-order chi connectivity index (χ0) is 15.7. The number of aryl methyl sites for hydroxylation is 1. The Morgan fingerprint density at radius 1 is 1.00 bits per heavy atom. The highest BCUT2D eigenvalue weighted by Gasteiger charge is 2.66. The molecule has 1 aromatic rings. The van der Waals surface area contributed by atoms with Gasteiger partial charge in [0.15, 0.2) is 0 Å². The van der Waals surface area contributed by atoms with E-state index in [1.165, 1.54) is 16.9 Å². The maximum atomic E-state index is 12.8. The van der Waals surface area contributed by atoms with Crippen molar-refractivity contribution in [2.24, 2.45) is 35.5 Å². The van der Waals surface area contributed by atoms with E-state index >= 15 is 0 Å². The molecule has 0 unspecified atom stereocenters. The summed E-state index contributed by atoms with van der Waals surface area (Å²) in [5.74, 6) is 1.79. The zero-order valence-electron chi connectivity index (χ0n) is 13.1. The van der Waals surface area contributed by atoms with E-state index in [4.69, 9.17) is 0 Å². The van der Waals surface area contributed by atoms with E-state index in [9.17, 15) is 9.59 Å². The second-order valence-electron chi connectivity index (χ2n) is 7.46. The fourth-order valence-electron chi connectivity index (χ4n) is 5.02. The van der Waals surface area contributed by atoms with Crippen LogP contribution in [0.2, 0.25) is 0 Å². The van der Waals surface area contributed by atoms with Crippen LogP contribution < -0.4 is 5.32 Å². The number of nitrogens with zero attached hydrogens (tertiary/aromatic N) is 1. The minimum atomic E-state index is -0.0962. The topological polar surface area (TPSA) is 49.4 Å². The van der Waals surface area contributed by atoms with Gasteiger partial charge in [-0.25, -0.2) is 0 Å². The quantitative estimate of drug-likeness (QED) is 0.689. The molecule has 6 rings (SSSR count). The van der Waals surface area contributed by atoms with Gasteiger partial charge in [-0.2, -0.15) is 0 Å². The number of hydrogen-bond acceptors (Lipinski definition) is 3. The summed E-state index contributed by atoms with van der Waals surface area (Å²) in [5, 5.41) is 3.22. The number of amides is 2. The number of anilines is 1. The molecule has 1 aliphatic heterocycles. The van der Waals surface area contributed by atoms with Crippen LogP contribution in [0.1, 0.15) is 12.0 Å². The van der Waals surface area contributed by atoms with Crippen molar-refractivity contribution in [1.29, 1.82) is 0 Å². The van der Waals surface area contributed by atoms with E-state index in [1.54, 1.807) is 0 Å². The van der Waals surface area contributed by atoms with Crippen molar-refractivity contribution in [3.8, 4) is 0 Å². The molecule has 1 N–H and O–H groups in total. The first-order chi connectivity index (χ1) is 11.1. The van der Waals surface area contributed by atoms with Gasteiger partial charge >= 0.3 is 0 Å². The summed E-state index contributed by atoms with van der Waals surface area (Å²) in [5.41, 5.74) is 2.13. The Kier molecular flexibility index (Phi) is 2.59. The van der Waals surface area contributed by atoms with Gasteiger partial charge in [-0.05, 0) is 49.1 Å². The summed E-state index contributed by atoms with van der Waals surface area (Å²) in [7, 11) is 0. The van der Waals surface area contributed by atoms with Gasteiger partial charge in [0.25, 0.3) is 0 Å². The van der Waals surface area contributed by atoms with E-state index < -0.39 is 0 Å². The lowest BCUT2D eigenvalue weighted by molar-refractivity contribution is -0.139. The highest BCUT2D eigenvalue weighted by atomic mass is 16.2. The second-order valence-corrected chi connectivity index (χ2v) is 7.46. The monoisotopic (exact) mass is 308 g/mol. The highest BCUT2D eigenvalue weighted by molar-refractivity contribution is 6.06. The predicted molar refractivity (Wildman–Crippen MR) is 86.2 cm³/mol. The van der Waals surface area contributed by atoms with Crippen molar-refractivity contribution < 1.29 is 9.59 Å². The Morgan fingerprint density at radius 2 is 1.57 bits per heavy atom. The van der Waals surface area contributed by atoms with Crippen LogP contribution in [0.4, 0.5) is 5.69 Å². The molecule has 0 spiro atoms. The molecule has 4 nitrogen and oxygen atoms in total. The standard InChI is InChI=1S/C19H20N2O2/c1-10-2-4-11(5-3-10)20-9-21-18(22)16-12-6-7-13(15-8-14(12)15)17(16)19(21)23/h2-7,12-17,20H,8-9H2,1H3/t12-,13-,14-,15-,16+,17+/m1/s1. The number of benzene rings is 1.